The Bertz CT molecular complexity index is 1670. The van der Waals surface area contributed by atoms with Crippen LogP contribution in [-0.2, 0) is 4.79 Å². The Labute approximate surface area is 223 Å². The van der Waals surface area contributed by atoms with Crippen molar-refractivity contribution >= 4 is 39.3 Å². The summed E-state index contributed by atoms with van der Waals surface area (Å²) < 4.78 is 16.1. The Morgan fingerprint density at radius 1 is 1.13 bits per heavy atom. The van der Waals surface area contributed by atoms with Gasteiger partial charge in [0.2, 0.25) is 5.91 Å². The molecule has 0 atom stereocenters. The van der Waals surface area contributed by atoms with E-state index in [4.69, 9.17) is 4.98 Å². The van der Waals surface area contributed by atoms with Gasteiger partial charge in [0.25, 0.3) is 0 Å². The first-order chi connectivity index (χ1) is 18.9. The van der Waals surface area contributed by atoms with Crippen molar-refractivity contribution < 1.29 is 9.18 Å². The van der Waals surface area contributed by atoms with Crippen molar-refractivity contribution in [3.8, 4) is 22.8 Å². The van der Waals surface area contributed by atoms with E-state index in [-0.39, 0.29) is 22.9 Å². The molecule has 12 heteroatoms. The Balaban J connectivity index is 1.38. The molecular formula is C27H29FN10O. The fourth-order valence-corrected chi connectivity index (χ4v) is 4.88. The summed E-state index contributed by atoms with van der Waals surface area (Å²) in [5.74, 6) is -0.0572. The van der Waals surface area contributed by atoms with Gasteiger partial charge in [0, 0.05) is 50.6 Å². The maximum Gasteiger partial charge on any atom is 0.224 e. The fourth-order valence-electron chi connectivity index (χ4n) is 4.88. The van der Waals surface area contributed by atoms with Crippen molar-refractivity contribution in [1.29, 1.82) is 0 Å². The number of hydrogen-bond acceptors (Lipinski definition) is 8. The van der Waals surface area contributed by atoms with Gasteiger partial charge in [-0.25, -0.2) is 14.4 Å². The van der Waals surface area contributed by atoms with E-state index in [9.17, 15) is 4.79 Å². The monoisotopic (exact) mass is 528 g/mol. The van der Waals surface area contributed by atoms with Crippen LogP contribution in [0.25, 0.3) is 44.8 Å². The minimum atomic E-state index is -0.559. The molecule has 1 saturated heterocycles. The third-order valence-corrected chi connectivity index (χ3v) is 6.87. The number of likely N-dealkylation sites (N-methyl/N-ethyl adjacent to an activating group) is 1. The van der Waals surface area contributed by atoms with Crippen LogP contribution in [0.4, 0.5) is 15.8 Å². The second kappa shape index (κ2) is 10.0. The van der Waals surface area contributed by atoms with Crippen LogP contribution in [-0.4, -0.2) is 79.2 Å². The van der Waals surface area contributed by atoms with Crippen molar-refractivity contribution in [3.63, 3.8) is 0 Å². The molecule has 0 radical (unpaired) electrons. The number of aromatic amines is 2. The van der Waals surface area contributed by atoms with Crippen LogP contribution in [0.1, 0.15) is 20.3 Å². The number of anilines is 2. The molecule has 200 valence electrons. The number of hydrogen-bond donors (Lipinski definition) is 3. The number of pyridine rings is 3. The number of carbonyl (C=O) groups excluding carboxylic acids is 1. The van der Waals surface area contributed by atoms with E-state index in [1.807, 2.05) is 19.9 Å². The molecule has 39 heavy (non-hydrogen) atoms. The minimum absolute atomic E-state index is 0.102. The van der Waals surface area contributed by atoms with Gasteiger partial charge >= 0.3 is 0 Å². The molecule has 6 rings (SSSR count). The average molecular weight is 529 g/mol. The summed E-state index contributed by atoms with van der Waals surface area (Å²) in [6, 6.07) is 3.62. The molecule has 0 bridgehead atoms. The summed E-state index contributed by atoms with van der Waals surface area (Å²) >= 11 is 0. The molecule has 1 fully saturated rings. The highest BCUT2D eigenvalue weighted by molar-refractivity contribution is 5.97. The molecule has 3 N–H and O–H groups in total. The maximum atomic E-state index is 16.1. The normalized spacial score (nSPS) is 14.5. The second-order valence-corrected chi connectivity index (χ2v) is 10.3. The maximum absolute atomic E-state index is 16.1. The van der Waals surface area contributed by atoms with Crippen LogP contribution in [0.5, 0.6) is 0 Å². The van der Waals surface area contributed by atoms with Crippen LogP contribution >= 0.6 is 0 Å². The number of rotatable bonds is 6. The Hall–Kier alpha value is -4.45. The summed E-state index contributed by atoms with van der Waals surface area (Å²) in [6.07, 6.45) is 6.71. The Morgan fingerprint density at radius 2 is 1.95 bits per heavy atom. The van der Waals surface area contributed by atoms with Crippen LogP contribution in [0.2, 0.25) is 0 Å². The summed E-state index contributed by atoms with van der Waals surface area (Å²) in [5, 5.41) is 10.3. The first kappa shape index (κ1) is 24.9. The first-order valence-electron chi connectivity index (χ1n) is 12.9. The number of nitrogens with zero attached hydrogens (tertiary/aromatic N) is 7. The summed E-state index contributed by atoms with van der Waals surface area (Å²) in [6.45, 7) is 7.63. The molecule has 1 aliphatic heterocycles. The molecule has 6 heterocycles. The van der Waals surface area contributed by atoms with E-state index in [2.05, 4.69) is 52.3 Å². The Morgan fingerprint density at radius 3 is 2.74 bits per heavy atom. The van der Waals surface area contributed by atoms with Gasteiger partial charge in [-0.15, -0.1) is 0 Å². The van der Waals surface area contributed by atoms with Gasteiger partial charge in [0.15, 0.2) is 17.3 Å². The first-order valence-corrected chi connectivity index (χ1v) is 12.9. The summed E-state index contributed by atoms with van der Waals surface area (Å²) in [5.41, 5.74) is 4.11. The van der Waals surface area contributed by atoms with Gasteiger partial charge in [-0.1, -0.05) is 13.8 Å². The van der Waals surface area contributed by atoms with Crippen LogP contribution < -0.4 is 10.2 Å². The zero-order chi connectivity index (χ0) is 27.1. The number of imidazole rings is 1. The molecule has 0 aliphatic carbocycles. The van der Waals surface area contributed by atoms with Gasteiger partial charge in [-0.05, 0) is 25.1 Å². The topological polar surface area (TPSA) is 132 Å². The standard InChI is InChI=1S/C27H29FN10O/c1-15(2)10-20(39)32-17-11-16(12-29-13-17)23-22(28)21-18(14-31-23)35-36-25(21)27-33-24-19(4-5-30-26(24)34-27)38-8-6-37(3)7-9-38/h4-5,11-15H,6-10H2,1-3H3,(H,32,39)(H,35,36)(H,30,33,34). The number of carbonyl (C=O) groups is 1. The van der Waals surface area contributed by atoms with Crippen LogP contribution in [0.15, 0.2) is 36.9 Å². The zero-order valence-corrected chi connectivity index (χ0v) is 22.0. The van der Waals surface area contributed by atoms with E-state index in [1.165, 1.54) is 18.6 Å². The quantitative estimate of drug-likeness (QED) is 0.303. The van der Waals surface area contributed by atoms with E-state index in [0.29, 0.717) is 40.4 Å². The summed E-state index contributed by atoms with van der Waals surface area (Å²) in [4.78, 5) is 37.8. The number of amides is 1. The predicted molar refractivity (Wildman–Crippen MR) is 148 cm³/mol. The number of aromatic nitrogens is 7. The van der Waals surface area contributed by atoms with Gasteiger partial charge < -0.3 is 20.1 Å². The lowest BCUT2D eigenvalue weighted by molar-refractivity contribution is -0.116. The van der Waals surface area contributed by atoms with Crippen molar-refractivity contribution in [1.82, 2.24) is 40.0 Å². The number of nitrogens with one attached hydrogen (secondary N) is 3. The lowest BCUT2D eigenvalue weighted by Gasteiger charge is -2.33. The highest BCUT2D eigenvalue weighted by Gasteiger charge is 2.23. The second-order valence-electron chi connectivity index (χ2n) is 10.3. The van der Waals surface area contributed by atoms with Crippen molar-refractivity contribution in [2.45, 2.75) is 20.3 Å². The molecular weight excluding hydrogens is 499 g/mol. The van der Waals surface area contributed by atoms with Crippen molar-refractivity contribution in [2.75, 3.05) is 43.4 Å². The molecule has 1 amide bonds. The fraction of sp³-hybridized carbons (Fsp3) is 0.333. The van der Waals surface area contributed by atoms with E-state index in [1.54, 1.807) is 12.3 Å². The molecule has 0 aromatic carbocycles. The largest absolute Gasteiger partial charge is 0.367 e. The van der Waals surface area contributed by atoms with Gasteiger partial charge in [-0.2, -0.15) is 5.10 Å². The number of fused-ring (bicyclic) bond motifs is 2. The molecule has 5 aromatic heterocycles. The zero-order valence-electron chi connectivity index (χ0n) is 22.0. The highest BCUT2D eigenvalue weighted by atomic mass is 19.1. The molecule has 0 unspecified atom stereocenters. The molecule has 1 aliphatic rings. The average Bonchev–Trinajstić information content (AvgIpc) is 3.54. The Kier molecular flexibility index (Phi) is 6.39. The number of halogens is 1. The van der Waals surface area contributed by atoms with Crippen molar-refractivity contribution in [3.05, 3.63) is 42.7 Å². The molecule has 5 aromatic rings. The number of H-pyrrole nitrogens is 2. The highest BCUT2D eigenvalue weighted by Crippen LogP contribution is 2.34. The molecule has 11 nitrogen and oxygen atoms in total. The SMILES string of the molecule is CC(C)CC(=O)Nc1cncc(-c2ncc3[nH]nc(-c4nc5c(N6CCN(C)CC6)ccnc5[nH]4)c3c2F)c1. The predicted octanol–water partition coefficient (Wildman–Crippen LogP) is 3.83. The smallest absolute Gasteiger partial charge is 0.224 e. The van der Waals surface area contributed by atoms with Crippen molar-refractivity contribution in [2.24, 2.45) is 5.92 Å². The van der Waals surface area contributed by atoms with Gasteiger partial charge in [0.1, 0.15) is 16.9 Å². The van der Waals surface area contributed by atoms with E-state index in [0.717, 1.165) is 37.4 Å². The molecule has 0 spiro atoms. The van der Waals surface area contributed by atoms with E-state index < -0.39 is 5.82 Å². The molecule has 0 saturated carbocycles. The summed E-state index contributed by atoms with van der Waals surface area (Å²) in [7, 11) is 2.11. The minimum Gasteiger partial charge on any atom is -0.367 e. The van der Waals surface area contributed by atoms with Crippen LogP contribution in [0.3, 0.4) is 0 Å². The van der Waals surface area contributed by atoms with E-state index >= 15 is 4.39 Å². The lowest BCUT2D eigenvalue weighted by Crippen LogP contribution is -2.44. The van der Waals surface area contributed by atoms with Gasteiger partial charge in [-0.3, -0.25) is 19.9 Å². The lowest BCUT2D eigenvalue weighted by atomic mass is 10.1. The third-order valence-electron chi connectivity index (χ3n) is 6.87. The van der Waals surface area contributed by atoms with Gasteiger partial charge in [0.05, 0.1) is 34.7 Å². The third kappa shape index (κ3) is 4.78. The number of piperazine rings is 1. The van der Waals surface area contributed by atoms with Crippen LogP contribution in [0, 0.1) is 11.7 Å².